The molecule has 70 valence electrons. The molecular formula is C7H7BrN2O2S. The van der Waals surface area contributed by atoms with Crippen LogP contribution in [0.15, 0.2) is 15.4 Å². The Labute approximate surface area is 89.0 Å². The molecule has 13 heavy (non-hydrogen) atoms. The van der Waals surface area contributed by atoms with Gasteiger partial charge in [-0.25, -0.2) is 9.78 Å². The first kappa shape index (κ1) is 10.3. The number of hydrogen-bond donors (Lipinski definition) is 2. The number of carbonyl (C=O) groups excluding carboxylic acids is 1. The molecule has 1 rings (SSSR count). The van der Waals surface area contributed by atoms with Crippen molar-refractivity contribution in [2.24, 2.45) is 0 Å². The lowest BCUT2D eigenvalue weighted by atomic mass is 10.3. The highest BCUT2D eigenvalue weighted by Gasteiger charge is 2.13. The molecule has 0 saturated heterocycles. The summed E-state index contributed by atoms with van der Waals surface area (Å²) < 4.78 is 5.01. The highest BCUT2D eigenvalue weighted by atomic mass is 79.9. The van der Waals surface area contributed by atoms with Gasteiger partial charge in [-0.15, -0.1) is 12.6 Å². The van der Waals surface area contributed by atoms with Crippen molar-refractivity contribution in [3.63, 3.8) is 0 Å². The molecule has 0 aromatic carbocycles. The van der Waals surface area contributed by atoms with Gasteiger partial charge in [-0.3, -0.25) is 0 Å². The third kappa shape index (κ3) is 2.13. The van der Waals surface area contributed by atoms with Crippen molar-refractivity contribution in [3.8, 4) is 0 Å². The number of thiol groups is 1. The van der Waals surface area contributed by atoms with E-state index < -0.39 is 5.97 Å². The summed E-state index contributed by atoms with van der Waals surface area (Å²) in [6, 6.07) is 1.59. The zero-order valence-corrected chi connectivity index (χ0v) is 9.22. The molecule has 2 N–H and O–H groups in total. The first-order valence-corrected chi connectivity index (χ1v) is 4.53. The Balaban J connectivity index is 3.23. The van der Waals surface area contributed by atoms with Gasteiger partial charge in [0.05, 0.1) is 11.6 Å². The fourth-order valence-corrected chi connectivity index (χ4v) is 1.57. The zero-order chi connectivity index (χ0) is 10.0. The van der Waals surface area contributed by atoms with Gasteiger partial charge in [-0.2, -0.15) is 0 Å². The van der Waals surface area contributed by atoms with Crippen molar-refractivity contribution in [2.45, 2.75) is 4.90 Å². The minimum atomic E-state index is -0.535. The lowest BCUT2D eigenvalue weighted by Crippen LogP contribution is -2.07. The number of rotatable bonds is 1. The van der Waals surface area contributed by atoms with E-state index in [2.05, 4.69) is 38.3 Å². The van der Waals surface area contributed by atoms with Gasteiger partial charge in [-0.1, -0.05) is 0 Å². The number of nitrogens with zero attached hydrogens (tertiary/aromatic N) is 1. The molecule has 0 aliphatic heterocycles. The number of nitrogen functional groups attached to an aromatic ring is 1. The fraction of sp³-hybridized carbons (Fsp3) is 0.143. The molecule has 6 heteroatoms. The molecular weight excluding hydrogens is 256 g/mol. The quantitative estimate of drug-likeness (QED) is 0.595. The van der Waals surface area contributed by atoms with E-state index >= 15 is 0 Å². The third-order valence-electron chi connectivity index (χ3n) is 1.36. The molecule has 1 aromatic heterocycles. The number of carbonyl (C=O) groups is 1. The lowest BCUT2D eigenvalue weighted by molar-refractivity contribution is 0.0593. The number of nitrogens with two attached hydrogens (primary N) is 1. The Kier molecular flexibility index (Phi) is 3.16. The molecule has 1 heterocycles. The summed E-state index contributed by atoms with van der Waals surface area (Å²) in [6.07, 6.45) is 0. The number of aromatic nitrogens is 1. The van der Waals surface area contributed by atoms with E-state index in [0.717, 1.165) is 0 Å². The zero-order valence-electron chi connectivity index (χ0n) is 6.74. The van der Waals surface area contributed by atoms with Gasteiger partial charge in [0.1, 0.15) is 5.82 Å². The van der Waals surface area contributed by atoms with Crippen molar-refractivity contribution in [1.29, 1.82) is 0 Å². The van der Waals surface area contributed by atoms with Gasteiger partial charge in [0, 0.05) is 4.90 Å². The summed E-state index contributed by atoms with van der Waals surface area (Å²) in [5.74, 6) is -0.334. The molecule has 0 atom stereocenters. The summed E-state index contributed by atoms with van der Waals surface area (Å²) in [4.78, 5) is 15.4. The largest absolute Gasteiger partial charge is 0.464 e. The van der Waals surface area contributed by atoms with E-state index in [1.54, 1.807) is 6.07 Å². The van der Waals surface area contributed by atoms with Crippen LogP contribution < -0.4 is 5.73 Å². The van der Waals surface area contributed by atoms with E-state index in [9.17, 15) is 4.79 Å². The van der Waals surface area contributed by atoms with E-state index in [1.807, 2.05) is 0 Å². The topological polar surface area (TPSA) is 65.2 Å². The van der Waals surface area contributed by atoms with Crippen LogP contribution in [0.5, 0.6) is 0 Å². The second kappa shape index (κ2) is 3.97. The van der Waals surface area contributed by atoms with Gasteiger partial charge in [0.2, 0.25) is 0 Å². The van der Waals surface area contributed by atoms with Crippen molar-refractivity contribution >= 4 is 40.3 Å². The van der Waals surface area contributed by atoms with Gasteiger partial charge in [-0.05, 0) is 22.0 Å². The Hall–Kier alpha value is -0.750. The minimum Gasteiger partial charge on any atom is -0.464 e. The lowest BCUT2D eigenvalue weighted by Gasteiger charge is -2.04. The van der Waals surface area contributed by atoms with E-state index in [4.69, 9.17) is 5.73 Å². The standard InChI is InChI=1S/C7H7BrN2O2S/c1-12-7(11)5-3(8)2-4(13)6(9)10-5/h2,13H,1H3,(H2,9,10). The summed E-state index contributed by atoms with van der Waals surface area (Å²) >= 11 is 7.20. The smallest absolute Gasteiger partial charge is 0.357 e. The maximum absolute atomic E-state index is 11.1. The molecule has 0 radical (unpaired) electrons. The van der Waals surface area contributed by atoms with Crippen molar-refractivity contribution in [1.82, 2.24) is 4.98 Å². The number of esters is 1. The van der Waals surface area contributed by atoms with Crippen LogP contribution in [0.1, 0.15) is 10.5 Å². The number of hydrogen-bond acceptors (Lipinski definition) is 5. The first-order chi connectivity index (χ1) is 6.06. The van der Waals surface area contributed by atoms with E-state index in [0.29, 0.717) is 9.37 Å². The number of methoxy groups -OCH3 is 1. The Morgan fingerprint density at radius 2 is 2.38 bits per heavy atom. The van der Waals surface area contributed by atoms with Crippen LogP contribution in [0.3, 0.4) is 0 Å². The van der Waals surface area contributed by atoms with Crippen molar-refractivity contribution < 1.29 is 9.53 Å². The molecule has 0 spiro atoms. The normalized spacial score (nSPS) is 9.77. The average Bonchev–Trinajstić information content (AvgIpc) is 2.10. The Morgan fingerprint density at radius 3 is 2.92 bits per heavy atom. The second-order valence-electron chi connectivity index (χ2n) is 2.21. The maximum Gasteiger partial charge on any atom is 0.357 e. The number of ether oxygens (including phenoxy) is 1. The van der Waals surface area contributed by atoms with Gasteiger partial charge >= 0.3 is 5.97 Å². The molecule has 1 aromatic rings. The summed E-state index contributed by atoms with van der Waals surface area (Å²) in [7, 11) is 1.28. The van der Waals surface area contributed by atoms with Crippen molar-refractivity contribution in [2.75, 3.05) is 12.8 Å². The van der Waals surface area contributed by atoms with Gasteiger partial charge in [0.25, 0.3) is 0 Å². The van der Waals surface area contributed by atoms with Crippen LogP contribution in [0.25, 0.3) is 0 Å². The molecule has 0 bridgehead atoms. The Bertz CT molecular complexity index is 357. The maximum atomic E-state index is 11.1. The molecule has 0 aliphatic rings. The third-order valence-corrected chi connectivity index (χ3v) is 2.33. The molecule has 0 saturated carbocycles. The molecule has 0 aliphatic carbocycles. The highest BCUT2D eigenvalue weighted by Crippen LogP contribution is 2.23. The molecule has 0 fully saturated rings. The van der Waals surface area contributed by atoms with Crippen LogP contribution >= 0.6 is 28.6 Å². The van der Waals surface area contributed by atoms with Crippen LogP contribution in [-0.4, -0.2) is 18.1 Å². The number of pyridine rings is 1. The van der Waals surface area contributed by atoms with Gasteiger partial charge in [0.15, 0.2) is 5.69 Å². The predicted octanol–water partition coefficient (Wildman–Crippen LogP) is 1.50. The second-order valence-corrected chi connectivity index (χ2v) is 3.55. The Morgan fingerprint density at radius 1 is 1.77 bits per heavy atom. The summed E-state index contributed by atoms with van der Waals surface area (Å²) in [5.41, 5.74) is 5.62. The molecule has 0 unspecified atom stereocenters. The van der Waals surface area contributed by atoms with Crippen LogP contribution in [0, 0.1) is 0 Å². The van der Waals surface area contributed by atoms with E-state index in [-0.39, 0.29) is 11.5 Å². The number of halogens is 1. The average molecular weight is 263 g/mol. The van der Waals surface area contributed by atoms with Crippen LogP contribution in [0.2, 0.25) is 0 Å². The fourth-order valence-electron chi connectivity index (χ4n) is 0.733. The van der Waals surface area contributed by atoms with Crippen LogP contribution in [0.4, 0.5) is 5.82 Å². The minimum absolute atomic E-state index is 0.151. The number of anilines is 1. The predicted molar refractivity (Wildman–Crippen MR) is 54.9 cm³/mol. The first-order valence-electron chi connectivity index (χ1n) is 3.29. The SMILES string of the molecule is COC(=O)c1nc(N)c(S)cc1Br. The van der Waals surface area contributed by atoms with Crippen molar-refractivity contribution in [3.05, 3.63) is 16.2 Å². The van der Waals surface area contributed by atoms with E-state index in [1.165, 1.54) is 7.11 Å². The molecule has 0 amide bonds. The summed E-state index contributed by atoms with van der Waals surface area (Å²) in [5, 5.41) is 0. The highest BCUT2D eigenvalue weighted by molar-refractivity contribution is 9.10. The summed E-state index contributed by atoms with van der Waals surface area (Å²) in [6.45, 7) is 0. The monoisotopic (exact) mass is 262 g/mol. The van der Waals surface area contributed by atoms with Crippen LogP contribution in [-0.2, 0) is 4.74 Å². The molecule has 4 nitrogen and oxygen atoms in total. The van der Waals surface area contributed by atoms with Gasteiger partial charge < -0.3 is 10.5 Å².